The van der Waals surface area contributed by atoms with Crippen molar-refractivity contribution < 1.29 is 8.42 Å². The van der Waals surface area contributed by atoms with Crippen LogP contribution in [0, 0.1) is 0 Å². The quantitative estimate of drug-likeness (QED) is 0.841. The van der Waals surface area contributed by atoms with Gasteiger partial charge in [0.2, 0.25) is 10.0 Å². The summed E-state index contributed by atoms with van der Waals surface area (Å²) in [4.78, 5) is 6.42. The van der Waals surface area contributed by atoms with Crippen LogP contribution in [-0.2, 0) is 10.0 Å². The summed E-state index contributed by atoms with van der Waals surface area (Å²) in [5.74, 6) is 0. The minimum Gasteiger partial charge on any atom is -0.345 e. The number of hydrogen-bond acceptors (Lipinski definition) is 6. The fourth-order valence-electron chi connectivity index (χ4n) is 2.27. The van der Waals surface area contributed by atoms with Gasteiger partial charge in [-0.25, -0.2) is 13.4 Å². The van der Waals surface area contributed by atoms with Gasteiger partial charge in [-0.05, 0) is 6.92 Å². The lowest BCUT2D eigenvalue weighted by atomic mass is 10.3. The topological polar surface area (TPSA) is 65.5 Å². The first-order chi connectivity index (χ1) is 9.91. The van der Waals surface area contributed by atoms with Crippen LogP contribution in [0.15, 0.2) is 11.6 Å². The molecule has 0 aliphatic carbocycles. The lowest BCUT2D eigenvalue weighted by Crippen LogP contribution is -2.52. The Morgan fingerprint density at radius 2 is 1.95 bits per heavy atom. The number of aromatic nitrogens is 1. The molecule has 1 aromatic rings. The van der Waals surface area contributed by atoms with Crippen LogP contribution >= 0.6 is 11.3 Å². The van der Waals surface area contributed by atoms with E-state index in [1.807, 2.05) is 19.2 Å². The molecule has 0 aromatic carbocycles. The van der Waals surface area contributed by atoms with Gasteiger partial charge in [0.05, 0.1) is 5.25 Å². The van der Waals surface area contributed by atoms with Crippen LogP contribution in [0.25, 0.3) is 0 Å². The second-order valence-corrected chi connectivity index (χ2v) is 8.84. The maximum Gasteiger partial charge on any atom is 0.218 e. The third-order valence-corrected chi connectivity index (χ3v) is 6.71. The minimum atomic E-state index is -3.22. The molecule has 0 radical (unpaired) electrons. The molecule has 21 heavy (non-hydrogen) atoms. The van der Waals surface area contributed by atoms with Gasteiger partial charge < -0.3 is 10.2 Å². The zero-order valence-corrected chi connectivity index (χ0v) is 14.5. The number of hydrogen-bond donors (Lipinski definition) is 1. The highest BCUT2D eigenvalue weighted by atomic mass is 32.2. The zero-order valence-electron chi connectivity index (χ0n) is 12.8. The molecule has 1 saturated heterocycles. The van der Waals surface area contributed by atoms with E-state index in [2.05, 4.69) is 15.2 Å². The van der Waals surface area contributed by atoms with Gasteiger partial charge in [0, 0.05) is 50.3 Å². The van der Waals surface area contributed by atoms with Crippen LogP contribution in [0.4, 0.5) is 5.13 Å². The number of piperazine rings is 1. The molecule has 6 nitrogen and oxygen atoms in total. The smallest absolute Gasteiger partial charge is 0.218 e. The molecule has 0 saturated carbocycles. The zero-order chi connectivity index (χ0) is 15.5. The van der Waals surface area contributed by atoms with E-state index in [-0.39, 0.29) is 0 Å². The van der Waals surface area contributed by atoms with Crippen molar-refractivity contribution in [1.82, 2.24) is 14.6 Å². The monoisotopic (exact) mass is 332 g/mol. The van der Waals surface area contributed by atoms with Gasteiger partial charge in [0.15, 0.2) is 5.13 Å². The largest absolute Gasteiger partial charge is 0.345 e. The molecule has 1 fully saturated rings. The van der Waals surface area contributed by atoms with Gasteiger partial charge in [0.25, 0.3) is 0 Å². The number of nitrogens with one attached hydrogen (secondary N) is 1. The molecular weight excluding hydrogens is 308 g/mol. The molecule has 0 amide bonds. The maximum absolute atomic E-state index is 12.5. The molecule has 1 unspecified atom stereocenters. The molecule has 0 bridgehead atoms. The summed E-state index contributed by atoms with van der Waals surface area (Å²) in [7, 11) is -3.22. The molecule has 2 rings (SSSR count). The Hall–Kier alpha value is -0.700. The Morgan fingerprint density at radius 3 is 2.48 bits per heavy atom. The highest BCUT2D eigenvalue weighted by Crippen LogP contribution is 2.20. The second kappa shape index (κ2) is 7.04. The van der Waals surface area contributed by atoms with Gasteiger partial charge in [-0.2, -0.15) is 4.31 Å². The van der Waals surface area contributed by atoms with E-state index >= 15 is 0 Å². The Bertz CT molecular complexity index is 522. The van der Waals surface area contributed by atoms with Crippen molar-refractivity contribution in [3.63, 3.8) is 0 Å². The van der Waals surface area contributed by atoms with Crippen LogP contribution in [0.2, 0.25) is 0 Å². The van der Waals surface area contributed by atoms with E-state index in [1.165, 1.54) is 0 Å². The summed E-state index contributed by atoms with van der Waals surface area (Å²) in [5.41, 5.74) is 0. The lowest BCUT2D eigenvalue weighted by Gasteiger charge is -2.35. The molecular formula is C13H24N4O2S2. The van der Waals surface area contributed by atoms with Crippen molar-refractivity contribution in [1.29, 1.82) is 0 Å². The average Bonchev–Trinajstić information content (AvgIpc) is 2.99. The van der Waals surface area contributed by atoms with Crippen molar-refractivity contribution >= 4 is 26.5 Å². The second-order valence-electron chi connectivity index (χ2n) is 5.62. The molecule has 1 atom stereocenters. The van der Waals surface area contributed by atoms with E-state index in [9.17, 15) is 8.42 Å². The number of rotatable bonds is 6. The Labute approximate surface area is 131 Å². The normalized spacial score (nSPS) is 19.1. The fourth-order valence-corrected chi connectivity index (χ4v) is 4.45. The van der Waals surface area contributed by atoms with Crippen LogP contribution < -0.4 is 10.2 Å². The standard InChI is InChI=1S/C13H24N4O2S2/c1-11(2)15-10-12(3)21(18,19)17-7-5-16(6-8-17)13-14-4-9-20-13/h4,9,11-12,15H,5-8,10H2,1-3H3. The first kappa shape index (κ1) is 16.7. The summed E-state index contributed by atoms with van der Waals surface area (Å²) < 4.78 is 26.7. The summed E-state index contributed by atoms with van der Waals surface area (Å²) in [6.07, 6.45) is 1.78. The van der Waals surface area contributed by atoms with Gasteiger partial charge in [-0.3, -0.25) is 0 Å². The van der Waals surface area contributed by atoms with Crippen molar-refractivity contribution in [3.8, 4) is 0 Å². The van der Waals surface area contributed by atoms with Crippen LogP contribution in [0.3, 0.4) is 0 Å². The third-order valence-electron chi connectivity index (χ3n) is 3.61. The highest BCUT2D eigenvalue weighted by molar-refractivity contribution is 7.89. The summed E-state index contributed by atoms with van der Waals surface area (Å²) in [5, 5.41) is 5.72. The van der Waals surface area contributed by atoms with Crippen LogP contribution in [-0.4, -0.2) is 61.7 Å². The first-order valence-electron chi connectivity index (χ1n) is 7.28. The average molecular weight is 332 g/mol. The third kappa shape index (κ3) is 4.15. The van der Waals surface area contributed by atoms with Gasteiger partial charge in [-0.1, -0.05) is 13.8 Å². The Morgan fingerprint density at radius 1 is 1.29 bits per heavy atom. The van der Waals surface area contributed by atoms with E-state index in [0.717, 1.165) is 5.13 Å². The molecule has 8 heteroatoms. The molecule has 1 aliphatic rings. The van der Waals surface area contributed by atoms with E-state index in [0.29, 0.717) is 38.8 Å². The van der Waals surface area contributed by atoms with Crippen molar-refractivity contribution in [2.75, 3.05) is 37.6 Å². The number of thiazole rings is 1. The van der Waals surface area contributed by atoms with Gasteiger partial charge in [0.1, 0.15) is 0 Å². The van der Waals surface area contributed by atoms with Crippen molar-refractivity contribution in [2.24, 2.45) is 0 Å². The summed E-state index contributed by atoms with van der Waals surface area (Å²) in [6, 6.07) is 0.296. The minimum absolute atomic E-state index is 0.296. The van der Waals surface area contributed by atoms with Crippen molar-refractivity contribution in [3.05, 3.63) is 11.6 Å². The number of anilines is 1. The van der Waals surface area contributed by atoms with Crippen LogP contribution in [0.1, 0.15) is 20.8 Å². The number of sulfonamides is 1. The summed E-state index contributed by atoms with van der Waals surface area (Å²) in [6.45, 7) is 8.79. The maximum atomic E-state index is 12.5. The van der Waals surface area contributed by atoms with Crippen molar-refractivity contribution in [2.45, 2.75) is 32.1 Å². The molecule has 0 spiro atoms. The molecule has 1 aromatic heterocycles. The van der Waals surface area contributed by atoms with E-state index in [1.54, 1.807) is 28.8 Å². The predicted molar refractivity (Wildman–Crippen MR) is 87.4 cm³/mol. The first-order valence-corrected chi connectivity index (χ1v) is 9.66. The van der Waals surface area contributed by atoms with Gasteiger partial charge >= 0.3 is 0 Å². The lowest BCUT2D eigenvalue weighted by molar-refractivity contribution is 0.377. The SMILES string of the molecule is CC(C)NCC(C)S(=O)(=O)N1CCN(c2nccs2)CC1. The predicted octanol–water partition coefficient (Wildman–Crippen LogP) is 0.981. The summed E-state index contributed by atoms with van der Waals surface area (Å²) >= 11 is 1.59. The molecule has 2 heterocycles. The Kier molecular flexibility index (Phi) is 5.59. The molecule has 1 aliphatic heterocycles. The Balaban J connectivity index is 1.91. The van der Waals surface area contributed by atoms with E-state index in [4.69, 9.17) is 0 Å². The van der Waals surface area contributed by atoms with Crippen LogP contribution in [0.5, 0.6) is 0 Å². The molecule has 1 N–H and O–H groups in total. The van der Waals surface area contributed by atoms with E-state index < -0.39 is 15.3 Å². The van der Waals surface area contributed by atoms with Gasteiger partial charge in [-0.15, -0.1) is 11.3 Å². The fraction of sp³-hybridized carbons (Fsp3) is 0.769. The molecule has 120 valence electrons. The number of nitrogens with zero attached hydrogens (tertiary/aromatic N) is 3. The highest BCUT2D eigenvalue weighted by Gasteiger charge is 2.31.